The van der Waals surface area contributed by atoms with Crippen LogP contribution < -0.4 is 15.5 Å². The molecule has 162 valence electrons. The molecule has 31 heavy (non-hydrogen) atoms. The van der Waals surface area contributed by atoms with Crippen molar-refractivity contribution in [1.82, 2.24) is 15.3 Å². The minimum Gasteiger partial charge on any atom is -0.468 e. The van der Waals surface area contributed by atoms with E-state index in [1.54, 1.807) is 12.5 Å². The lowest BCUT2D eigenvalue weighted by Crippen LogP contribution is -2.41. The van der Waals surface area contributed by atoms with Gasteiger partial charge in [-0.15, -0.1) is 0 Å². The van der Waals surface area contributed by atoms with E-state index in [4.69, 9.17) is 18.9 Å². The van der Waals surface area contributed by atoms with E-state index in [1.165, 1.54) is 0 Å². The number of furan rings is 1. The highest BCUT2D eigenvalue weighted by molar-refractivity contribution is 5.63. The zero-order chi connectivity index (χ0) is 21.2. The summed E-state index contributed by atoms with van der Waals surface area (Å²) in [6.45, 7) is 1.82. The maximum absolute atomic E-state index is 6.05. The molecule has 2 N–H and O–H groups in total. The van der Waals surface area contributed by atoms with Crippen LogP contribution in [0, 0.1) is 0 Å². The van der Waals surface area contributed by atoms with Crippen LogP contribution in [0.25, 0.3) is 11.3 Å². The number of hydrogen-bond donors (Lipinski definition) is 2. The molecule has 2 fully saturated rings. The Morgan fingerprint density at radius 3 is 2.52 bits per heavy atom. The van der Waals surface area contributed by atoms with Crippen LogP contribution in [0.1, 0.15) is 5.76 Å². The maximum Gasteiger partial charge on any atom is 0.223 e. The molecule has 1 aromatic carbocycles. The van der Waals surface area contributed by atoms with Gasteiger partial charge >= 0.3 is 0 Å². The number of rotatable bonds is 7. The monoisotopic (exact) mass is 421 g/mol. The minimum atomic E-state index is -0.0410. The first-order chi connectivity index (χ1) is 15.2. The quantitative estimate of drug-likeness (QED) is 0.602. The number of nitrogens with zero attached hydrogens (tertiary/aromatic N) is 3. The summed E-state index contributed by atoms with van der Waals surface area (Å²) < 4.78 is 17.5. The molecule has 3 aromatic rings. The van der Waals surface area contributed by atoms with Crippen LogP contribution in [0.15, 0.2) is 59.3 Å². The zero-order valence-corrected chi connectivity index (χ0v) is 17.7. The molecule has 2 saturated heterocycles. The molecule has 2 aromatic heterocycles. The number of fused-ring (bicyclic) bond motifs is 1. The molecule has 0 aliphatic carbocycles. The van der Waals surface area contributed by atoms with Crippen molar-refractivity contribution in [2.24, 2.45) is 0 Å². The van der Waals surface area contributed by atoms with Crippen LogP contribution in [0.2, 0.25) is 0 Å². The smallest absolute Gasteiger partial charge is 0.223 e. The molecule has 0 amide bonds. The maximum atomic E-state index is 6.05. The van der Waals surface area contributed by atoms with E-state index in [-0.39, 0.29) is 24.3 Å². The molecule has 4 atom stereocenters. The molecule has 0 radical (unpaired) electrons. The molecule has 0 saturated carbocycles. The third-order valence-corrected chi connectivity index (χ3v) is 5.82. The number of benzene rings is 1. The Bertz CT molecular complexity index is 993. The summed E-state index contributed by atoms with van der Waals surface area (Å²) in [5.41, 5.74) is 3.08. The summed E-state index contributed by atoms with van der Waals surface area (Å²) in [7, 11) is 4.06. The van der Waals surface area contributed by atoms with Crippen molar-refractivity contribution in [3.63, 3.8) is 0 Å². The van der Waals surface area contributed by atoms with E-state index >= 15 is 0 Å². The second-order valence-electron chi connectivity index (χ2n) is 8.12. The number of hydrogen-bond acceptors (Lipinski definition) is 8. The van der Waals surface area contributed by atoms with Gasteiger partial charge in [0.25, 0.3) is 0 Å². The van der Waals surface area contributed by atoms with Crippen LogP contribution >= 0.6 is 0 Å². The fourth-order valence-electron chi connectivity index (χ4n) is 4.13. The third-order valence-electron chi connectivity index (χ3n) is 5.82. The molecule has 5 rings (SSSR count). The largest absolute Gasteiger partial charge is 0.468 e. The van der Waals surface area contributed by atoms with Gasteiger partial charge in [-0.2, -0.15) is 0 Å². The molecule has 0 unspecified atom stereocenters. The molecule has 4 heterocycles. The standard InChI is InChI=1S/C23H27N5O3/c1-28(2)16-7-5-15(6-8-16)18-9-10-24-23(26-18)27-20-14-31-21-19(13-30-22(20)21)25-12-17-4-3-11-29-17/h3-11,19-22,25H,12-14H2,1-2H3,(H,24,26,27)/t19-,20+,21-,22+/m0/s1. The Morgan fingerprint density at radius 2 is 1.77 bits per heavy atom. The highest BCUT2D eigenvalue weighted by Crippen LogP contribution is 2.29. The minimum absolute atomic E-state index is 0.00535. The van der Waals surface area contributed by atoms with E-state index in [1.807, 2.05) is 32.3 Å². The van der Waals surface area contributed by atoms with Crippen LogP contribution in [0.4, 0.5) is 11.6 Å². The first-order valence-electron chi connectivity index (χ1n) is 10.5. The average molecular weight is 422 g/mol. The van der Waals surface area contributed by atoms with E-state index in [0.29, 0.717) is 25.7 Å². The van der Waals surface area contributed by atoms with Crippen molar-refractivity contribution < 1.29 is 13.9 Å². The number of aromatic nitrogens is 2. The van der Waals surface area contributed by atoms with Gasteiger partial charge in [0, 0.05) is 31.5 Å². The molecule has 8 heteroatoms. The van der Waals surface area contributed by atoms with E-state index < -0.39 is 0 Å². The van der Waals surface area contributed by atoms with Gasteiger partial charge < -0.3 is 29.4 Å². The lowest BCUT2D eigenvalue weighted by Gasteiger charge is -2.18. The number of nitrogens with one attached hydrogen (secondary N) is 2. The normalized spacial score (nSPS) is 24.8. The first kappa shape index (κ1) is 20.0. The van der Waals surface area contributed by atoms with Crippen LogP contribution in [-0.2, 0) is 16.0 Å². The van der Waals surface area contributed by atoms with Crippen LogP contribution in [-0.4, -0.2) is 61.6 Å². The lowest BCUT2D eigenvalue weighted by atomic mass is 10.1. The fraction of sp³-hybridized carbons (Fsp3) is 0.391. The Morgan fingerprint density at radius 1 is 1.00 bits per heavy atom. The summed E-state index contributed by atoms with van der Waals surface area (Å²) in [5, 5.41) is 6.89. The first-order valence-corrected chi connectivity index (χ1v) is 10.5. The van der Waals surface area contributed by atoms with Gasteiger partial charge in [0.1, 0.15) is 18.0 Å². The van der Waals surface area contributed by atoms with Crippen LogP contribution in [0.5, 0.6) is 0 Å². The van der Waals surface area contributed by atoms with Crippen molar-refractivity contribution >= 4 is 11.6 Å². The second kappa shape index (κ2) is 8.66. The van der Waals surface area contributed by atoms with E-state index in [9.17, 15) is 0 Å². The van der Waals surface area contributed by atoms with E-state index in [2.05, 4.69) is 44.8 Å². The zero-order valence-electron chi connectivity index (χ0n) is 17.7. The molecule has 8 nitrogen and oxygen atoms in total. The SMILES string of the molecule is CN(C)c1ccc(-c2ccnc(N[C@@H]3CO[C@@H]4[C@@H]3OC[C@@H]4NCc3ccco3)n2)cc1. The van der Waals surface area contributed by atoms with Crippen LogP contribution in [0.3, 0.4) is 0 Å². The van der Waals surface area contributed by atoms with Gasteiger partial charge in [-0.1, -0.05) is 12.1 Å². The lowest BCUT2D eigenvalue weighted by molar-refractivity contribution is 0.0673. The van der Waals surface area contributed by atoms with Gasteiger partial charge in [0.2, 0.25) is 5.95 Å². The summed E-state index contributed by atoms with van der Waals surface area (Å²) >= 11 is 0. The Balaban J connectivity index is 1.22. The van der Waals surface area contributed by atoms with Crippen molar-refractivity contribution in [3.8, 4) is 11.3 Å². The molecular weight excluding hydrogens is 394 g/mol. The number of anilines is 2. The van der Waals surface area contributed by atoms with Gasteiger partial charge in [-0.05, 0) is 30.3 Å². The molecule has 2 aliphatic heterocycles. The summed E-state index contributed by atoms with van der Waals surface area (Å²) in [4.78, 5) is 11.2. The summed E-state index contributed by atoms with van der Waals surface area (Å²) in [6, 6.07) is 14.2. The van der Waals surface area contributed by atoms with E-state index in [0.717, 1.165) is 22.7 Å². The predicted molar refractivity (Wildman–Crippen MR) is 118 cm³/mol. The van der Waals surface area contributed by atoms with Crippen molar-refractivity contribution in [2.45, 2.75) is 30.8 Å². The second-order valence-corrected chi connectivity index (χ2v) is 8.12. The Labute approximate surface area is 181 Å². The van der Waals surface area contributed by atoms with Crippen molar-refractivity contribution in [1.29, 1.82) is 0 Å². The topological polar surface area (TPSA) is 84.7 Å². The third kappa shape index (κ3) is 4.27. The van der Waals surface area contributed by atoms with Gasteiger partial charge in [0.05, 0.1) is 43.8 Å². The highest BCUT2D eigenvalue weighted by atomic mass is 16.6. The molecular formula is C23H27N5O3. The fourth-order valence-corrected chi connectivity index (χ4v) is 4.13. The summed E-state index contributed by atoms with van der Waals surface area (Å²) in [5.74, 6) is 1.49. The molecule has 2 aliphatic rings. The molecule has 0 bridgehead atoms. The number of ether oxygens (including phenoxy) is 2. The van der Waals surface area contributed by atoms with Crippen molar-refractivity contribution in [3.05, 3.63) is 60.7 Å². The van der Waals surface area contributed by atoms with Gasteiger partial charge in [-0.3, -0.25) is 0 Å². The van der Waals surface area contributed by atoms with Gasteiger partial charge in [0.15, 0.2) is 0 Å². The Hall–Kier alpha value is -2.94. The Kier molecular flexibility index (Phi) is 5.59. The van der Waals surface area contributed by atoms with Gasteiger partial charge in [-0.25, -0.2) is 9.97 Å². The summed E-state index contributed by atoms with van der Waals surface area (Å²) in [6.07, 6.45) is 3.41. The molecule has 0 spiro atoms. The highest BCUT2D eigenvalue weighted by Gasteiger charge is 2.47. The predicted octanol–water partition coefficient (Wildman–Crippen LogP) is 2.54. The van der Waals surface area contributed by atoms with Crippen molar-refractivity contribution in [2.75, 3.05) is 37.5 Å². The average Bonchev–Trinajstić information content (AvgIpc) is 3.52.